The summed E-state index contributed by atoms with van der Waals surface area (Å²) in [4.78, 5) is 0. The first-order valence-corrected chi connectivity index (χ1v) is 6.17. The zero-order chi connectivity index (χ0) is 11.8. The monoisotopic (exact) mass is 221 g/mol. The first-order valence-electron chi connectivity index (χ1n) is 6.17. The Balaban J connectivity index is 2.54. The van der Waals surface area contributed by atoms with Crippen LogP contribution in [0, 0.1) is 5.92 Å². The molecule has 0 heterocycles. The zero-order valence-electron chi connectivity index (χ0n) is 10.3. The van der Waals surface area contributed by atoms with E-state index in [0.29, 0.717) is 5.92 Å². The van der Waals surface area contributed by atoms with Crippen molar-refractivity contribution in [3.63, 3.8) is 0 Å². The van der Waals surface area contributed by atoms with Crippen LogP contribution < -0.4 is 5.32 Å². The van der Waals surface area contributed by atoms with Gasteiger partial charge in [0, 0.05) is 12.6 Å². The van der Waals surface area contributed by atoms with Gasteiger partial charge in [0.1, 0.15) is 0 Å². The average Bonchev–Trinajstić information content (AvgIpc) is 2.35. The van der Waals surface area contributed by atoms with Crippen LogP contribution in [0.5, 0.6) is 0 Å². The minimum Gasteiger partial charge on any atom is -0.396 e. The van der Waals surface area contributed by atoms with Crippen LogP contribution in [0.4, 0.5) is 0 Å². The number of benzene rings is 1. The molecule has 16 heavy (non-hydrogen) atoms. The number of aliphatic hydroxyl groups excluding tert-OH is 1. The van der Waals surface area contributed by atoms with Crippen LogP contribution in [-0.2, 0) is 0 Å². The second kappa shape index (κ2) is 7.42. The lowest BCUT2D eigenvalue weighted by Crippen LogP contribution is -2.26. The zero-order valence-corrected chi connectivity index (χ0v) is 10.3. The van der Waals surface area contributed by atoms with Crippen molar-refractivity contribution in [2.45, 2.75) is 32.7 Å². The number of aliphatic hydroxyl groups is 1. The normalized spacial score (nSPS) is 14.7. The van der Waals surface area contributed by atoms with Crippen LogP contribution in [0.1, 0.15) is 38.3 Å². The molecule has 0 saturated heterocycles. The van der Waals surface area contributed by atoms with E-state index in [1.54, 1.807) is 0 Å². The third-order valence-corrected chi connectivity index (χ3v) is 3.03. The molecule has 1 aromatic rings. The maximum atomic E-state index is 9.08. The highest BCUT2D eigenvalue weighted by Gasteiger charge is 2.10. The lowest BCUT2D eigenvalue weighted by Gasteiger charge is -2.20. The SMILES string of the molecule is CCC(C)CN[C@H](CCO)c1ccccc1. The van der Waals surface area contributed by atoms with E-state index in [9.17, 15) is 0 Å². The molecule has 90 valence electrons. The van der Waals surface area contributed by atoms with E-state index in [0.717, 1.165) is 13.0 Å². The Kier molecular flexibility index (Phi) is 6.12. The fourth-order valence-corrected chi connectivity index (χ4v) is 1.69. The summed E-state index contributed by atoms with van der Waals surface area (Å²) >= 11 is 0. The molecule has 0 radical (unpaired) electrons. The first-order chi connectivity index (χ1) is 7.77. The number of nitrogens with one attached hydrogen (secondary N) is 1. The lowest BCUT2D eigenvalue weighted by atomic mass is 10.0. The van der Waals surface area contributed by atoms with Crippen LogP contribution in [0.3, 0.4) is 0 Å². The Bertz CT molecular complexity index is 273. The molecule has 1 unspecified atom stereocenters. The highest BCUT2D eigenvalue weighted by Crippen LogP contribution is 2.16. The second-order valence-corrected chi connectivity index (χ2v) is 4.40. The van der Waals surface area contributed by atoms with Crippen LogP contribution in [0.2, 0.25) is 0 Å². The second-order valence-electron chi connectivity index (χ2n) is 4.40. The van der Waals surface area contributed by atoms with E-state index in [1.807, 2.05) is 18.2 Å². The molecule has 0 saturated carbocycles. The van der Waals surface area contributed by atoms with Crippen LogP contribution in [0.25, 0.3) is 0 Å². The minimum atomic E-state index is 0.229. The molecule has 0 bridgehead atoms. The average molecular weight is 221 g/mol. The molecule has 2 nitrogen and oxygen atoms in total. The van der Waals surface area contributed by atoms with E-state index in [-0.39, 0.29) is 12.6 Å². The van der Waals surface area contributed by atoms with Crippen LogP contribution in [-0.4, -0.2) is 18.3 Å². The molecule has 1 aromatic carbocycles. The smallest absolute Gasteiger partial charge is 0.0449 e. The van der Waals surface area contributed by atoms with E-state index >= 15 is 0 Å². The summed E-state index contributed by atoms with van der Waals surface area (Å²) < 4.78 is 0. The summed E-state index contributed by atoms with van der Waals surface area (Å²) in [5, 5.41) is 12.6. The van der Waals surface area contributed by atoms with E-state index in [1.165, 1.54) is 12.0 Å². The van der Waals surface area contributed by atoms with Gasteiger partial charge in [-0.1, -0.05) is 50.6 Å². The molecule has 0 fully saturated rings. The van der Waals surface area contributed by atoms with E-state index in [4.69, 9.17) is 5.11 Å². The van der Waals surface area contributed by atoms with Crippen LogP contribution >= 0.6 is 0 Å². The van der Waals surface area contributed by atoms with Gasteiger partial charge in [0.15, 0.2) is 0 Å². The summed E-state index contributed by atoms with van der Waals surface area (Å²) in [7, 11) is 0. The Morgan fingerprint density at radius 3 is 2.50 bits per heavy atom. The Morgan fingerprint density at radius 2 is 1.94 bits per heavy atom. The van der Waals surface area contributed by atoms with Crippen molar-refractivity contribution in [1.29, 1.82) is 0 Å². The fourth-order valence-electron chi connectivity index (χ4n) is 1.69. The molecular weight excluding hydrogens is 198 g/mol. The highest BCUT2D eigenvalue weighted by atomic mass is 16.3. The maximum absolute atomic E-state index is 9.08. The largest absolute Gasteiger partial charge is 0.396 e. The maximum Gasteiger partial charge on any atom is 0.0449 e. The number of rotatable bonds is 7. The van der Waals surface area contributed by atoms with Gasteiger partial charge in [-0.05, 0) is 24.4 Å². The molecule has 2 atom stereocenters. The molecule has 0 spiro atoms. The molecule has 0 amide bonds. The summed E-state index contributed by atoms with van der Waals surface area (Å²) in [6, 6.07) is 10.6. The molecule has 0 aliphatic heterocycles. The van der Waals surface area contributed by atoms with Gasteiger partial charge in [-0.25, -0.2) is 0 Å². The number of hydrogen-bond donors (Lipinski definition) is 2. The van der Waals surface area contributed by atoms with Gasteiger partial charge in [0.2, 0.25) is 0 Å². The Morgan fingerprint density at radius 1 is 1.25 bits per heavy atom. The minimum absolute atomic E-state index is 0.229. The van der Waals surface area contributed by atoms with Gasteiger partial charge >= 0.3 is 0 Å². The van der Waals surface area contributed by atoms with Gasteiger partial charge in [-0.3, -0.25) is 0 Å². The van der Waals surface area contributed by atoms with Crippen molar-refractivity contribution in [3.05, 3.63) is 35.9 Å². The van der Waals surface area contributed by atoms with Gasteiger partial charge in [0.25, 0.3) is 0 Å². The van der Waals surface area contributed by atoms with Crippen molar-refractivity contribution in [2.75, 3.05) is 13.2 Å². The van der Waals surface area contributed by atoms with E-state index in [2.05, 4.69) is 31.3 Å². The van der Waals surface area contributed by atoms with E-state index < -0.39 is 0 Å². The molecule has 0 aliphatic carbocycles. The van der Waals surface area contributed by atoms with Crippen molar-refractivity contribution in [2.24, 2.45) is 5.92 Å². The van der Waals surface area contributed by atoms with Gasteiger partial charge in [0.05, 0.1) is 0 Å². The summed E-state index contributed by atoms with van der Waals surface area (Å²) in [6.45, 7) is 5.69. The summed E-state index contributed by atoms with van der Waals surface area (Å²) in [5.41, 5.74) is 1.26. The standard InChI is InChI=1S/C14H23NO/c1-3-12(2)11-15-14(9-10-16)13-7-5-4-6-8-13/h4-8,12,14-16H,3,9-11H2,1-2H3/t12?,14-/m1/s1. The Hall–Kier alpha value is -0.860. The fraction of sp³-hybridized carbons (Fsp3) is 0.571. The Labute approximate surface area is 98.7 Å². The predicted molar refractivity (Wildman–Crippen MR) is 68.3 cm³/mol. The molecule has 0 aliphatic rings. The molecule has 1 rings (SSSR count). The quantitative estimate of drug-likeness (QED) is 0.742. The molecule has 2 heteroatoms. The number of hydrogen-bond acceptors (Lipinski definition) is 2. The van der Waals surface area contributed by atoms with Crippen molar-refractivity contribution < 1.29 is 5.11 Å². The predicted octanol–water partition coefficient (Wildman–Crippen LogP) is 2.75. The molecule has 0 aromatic heterocycles. The van der Waals surface area contributed by atoms with Crippen molar-refractivity contribution >= 4 is 0 Å². The van der Waals surface area contributed by atoms with Crippen LogP contribution in [0.15, 0.2) is 30.3 Å². The first kappa shape index (κ1) is 13.2. The molecular formula is C14H23NO. The molecule has 2 N–H and O–H groups in total. The summed E-state index contributed by atoms with van der Waals surface area (Å²) in [5.74, 6) is 0.685. The highest BCUT2D eigenvalue weighted by molar-refractivity contribution is 5.18. The summed E-state index contributed by atoms with van der Waals surface area (Å²) in [6.07, 6.45) is 1.97. The van der Waals surface area contributed by atoms with Crippen molar-refractivity contribution in [3.8, 4) is 0 Å². The van der Waals surface area contributed by atoms with Crippen molar-refractivity contribution in [1.82, 2.24) is 5.32 Å². The van der Waals surface area contributed by atoms with Gasteiger partial charge < -0.3 is 10.4 Å². The third kappa shape index (κ3) is 4.33. The third-order valence-electron chi connectivity index (χ3n) is 3.03. The van der Waals surface area contributed by atoms with Gasteiger partial charge in [-0.15, -0.1) is 0 Å². The topological polar surface area (TPSA) is 32.3 Å². The lowest BCUT2D eigenvalue weighted by molar-refractivity contribution is 0.262. The van der Waals surface area contributed by atoms with Gasteiger partial charge in [-0.2, -0.15) is 0 Å².